The Bertz CT molecular complexity index is 1260. The van der Waals surface area contributed by atoms with Crippen molar-refractivity contribution in [1.82, 2.24) is 0 Å². The molecule has 0 spiro atoms. The van der Waals surface area contributed by atoms with Crippen molar-refractivity contribution in [2.45, 2.75) is 13.0 Å². The molecule has 0 aromatic heterocycles. The number of anilines is 1. The molecule has 33 heavy (non-hydrogen) atoms. The smallest absolute Gasteiger partial charge is 0.268 e. The topological polar surface area (TPSA) is 62.6 Å². The molecule has 0 atom stereocenters. The van der Waals surface area contributed by atoms with Gasteiger partial charge in [-0.2, -0.15) is 5.26 Å². The second-order valence-electron chi connectivity index (χ2n) is 7.40. The number of benzene rings is 3. The summed E-state index contributed by atoms with van der Waals surface area (Å²) >= 11 is 12.4. The van der Waals surface area contributed by atoms with Gasteiger partial charge in [-0.25, -0.2) is 0 Å². The van der Waals surface area contributed by atoms with E-state index in [0.717, 1.165) is 17.7 Å². The molecule has 0 aliphatic carbocycles. The number of hydrogen-bond acceptors (Lipinski definition) is 4. The highest BCUT2D eigenvalue weighted by molar-refractivity contribution is 6.35. The summed E-state index contributed by atoms with van der Waals surface area (Å²) < 4.78 is 11.3. The van der Waals surface area contributed by atoms with Crippen molar-refractivity contribution in [2.75, 3.05) is 18.6 Å². The van der Waals surface area contributed by atoms with Crippen molar-refractivity contribution >= 4 is 40.9 Å². The van der Waals surface area contributed by atoms with E-state index in [1.54, 1.807) is 47.4 Å². The maximum Gasteiger partial charge on any atom is 0.268 e. The quantitative estimate of drug-likeness (QED) is 0.318. The van der Waals surface area contributed by atoms with E-state index in [9.17, 15) is 10.1 Å². The predicted molar refractivity (Wildman–Crippen MR) is 130 cm³/mol. The van der Waals surface area contributed by atoms with Gasteiger partial charge in [0.15, 0.2) is 11.5 Å². The molecular weight excluding hydrogens is 459 g/mol. The van der Waals surface area contributed by atoms with Gasteiger partial charge in [0.1, 0.15) is 18.2 Å². The zero-order valence-corrected chi connectivity index (χ0v) is 19.4. The van der Waals surface area contributed by atoms with Crippen LogP contribution in [0.15, 0.2) is 66.2 Å². The third-order valence-corrected chi connectivity index (χ3v) is 6.12. The van der Waals surface area contributed by atoms with Crippen molar-refractivity contribution in [1.29, 1.82) is 5.26 Å². The fourth-order valence-corrected chi connectivity index (χ4v) is 4.22. The molecule has 166 valence electrons. The summed E-state index contributed by atoms with van der Waals surface area (Å²) in [6.45, 7) is 0.720. The first kappa shape index (κ1) is 22.7. The number of fused-ring (bicyclic) bond motifs is 1. The van der Waals surface area contributed by atoms with E-state index in [1.165, 1.54) is 7.11 Å². The highest BCUT2D eigenvalue weighted by atomic mass is 35.5. The average Bonchev–Trinajstić information content (AvgIpc) is 3.26. The zero-order chi connectivity index (χ0) is 23.4. The molecule has 0 saturated heterocycles. The Hall–Kier alpha value is -3.46. The van der Waals surface area contributed by atoms with Gasteiger partial charge in [-0.15, -0.1) is 0 Å². The van der Waals surface area contributed by atoms with Crippen LogP contribution in [-0.4, -0.2) is 19.6 Å². The average molecular weight is 479 g/mol. The molecule has 1 heterocycles. The monoisotopic (exact) mass is 478 g/mol. The van der Waals surface area contributed by atoms with Gasteiger partial charge in [0.25, 0.3) is 5.91 Å². The molecule has 1 amide bonds. The molecule has 4 rings (SSSR count). The number of para-hydroxylation sites is 1. The maximum atomic E-state index is 13.0. The molecule has 3 aromatic carbocycles. The molecule has 0 saturated carbocycles. The first-order chi connectivity index (χ1) is 16.0. The molecule has 0 bridgehead atoms. The van der Waals surface area contributed by atoms with E-state index in [4.69, 9.17) is 32.7 Å². The summed E-state index contributed by atoms with van der Waals surface area (Å²) in [6.07, 6.45) is 2.33. The summed E-state index contributed by atoms with van der Waals surface area (Å²) in [5.41, 5.74) is 3.32. The van der Waals surface area contributed by atoms with Gasteiger partial charge in [0.2, 0.25) is 0 Å². The van der Waals surface area contributed by atoms with E-state index in [2.05, 4.69) is 0 Å². The Kier molecular flexibility index (Phi) is 6.88. The lowest BCUT2D eigenvalue weighted by Gasteiger charge is -2.17. The normalized spacial score (nSPS) is 12.8. The second-order valence-corrected chi connectivity index (χ2v) is 8.22. The maximum absolute atomic E-state index is 13.0. The molecular formula is C26H20Cl2N2O3. The van der Waals surface area contributed by atoms with Crippen molar-refractivity contribution in [3.63, 3.8) is 0 Å². The van der Waals surface area contributed by atoms with Crippen LogP contribution in [0.4, 0.5) is 5.69 Å². The van der Waals surface area contributed by atoms with Crippen LogP contribution in [0.2, 0.25) is 10.0 Å². The predicted octanol–water partition coefficient (Wildman–Crippen LogP) is 6.08. The summed E-state index contributed by atoms with van der Waals surface area (Å²) in [4.78, 5) is 14.7. The first-order valence-corrected chi connectivity index (χ1v) is 11.0. The van der Waals surface area contributed by atoms with E-state index < -0.39 is 0 Å². The highest BCUT2D eigenvalue weighted by Crippen LogP contribution is 2.33. The SMILES string of the molecule is COc1cc(/C=C(\C#N)C(=O)N2CCc3ccccc32)ccc1OCc1c(Cl)cccc1Cl. The number of methoxy groups -OCH3 is 1. The number of nitriles is 1. The number of ether oxygens (including phenoxy) is 2. The number of hydrogen-bond donors (Lipinski definition) is 0. The van der Waals surface area contributed by atoms with Crippen LogP contribution >= 0.6 is 23.2 Å². The van der Waals surface area contributed by atoms with Gasteiger partial charge >= 0.3 is 0 Å². The lowest BCUT2D eigenvalue weighted by Crippen LogP contribution is -2.29. The Balaban J connectivity index is 1.55. The lowest BCUT2D eigenvalue weighted by atomic mass is 10.1. The minimum atomic E-state index is -0.324. The fourth-order valence-electron chi connectivity index (χ4n) is 3.72. The molecule has 0 fully saturated rings. The minimum Gasteiger partial charge on any atom is -0.493 e. The second kappa shape index (κ2) is 9.99. The van der Waals surface area contributed by atoms with Crippen LogP contribution in [0.1, 0.15) is 16.7 Å². The minimum absolute atomic E-state index is 0.0465. The van der Waals surface area contributed by atoms with Crippen molar-refractivity contribution in [3.05, 3.63) is 93.0 Å². The molecule has 0 radical (unpaired) electrons. The highest BCUT2D eigenvalue weighted by Gasteiger charge is 2.26. The van der Waals surface area contributed by atoms with E-state index in [1.807, 2.05) is 30.3 Å². The molecule has 0 unspecified atom stereocenters. The van der Waals surface area contributed by atoms with Crippen molar-refractivity contribution in [3.8, 4) is 17.6 Å². The van der Waals surface area contributed by atoms with Gasteiger partial charge in [-0.3, -0.25) is 4.79 Å². The molecule has 1 aliphatic heterocycles. The number of halogens is 2. The van der Waals surface area contributed by atoms with Crippen LogP contribution < -0.4 is 14.4 Å². The number of nitrogens with zero attached hydrogens (tertiary/aromatic N) is 2. The number of carbonyl (C=O) groups is 1. The molecule has 1 aliphatic rings. The zero-order valence-electron chi connectivity index (χ0n) is 17.8. The van der Waals surface area contributed by atoms with Crippen LogP contribution in [0, 0.1) is 11.3 Å². The Morgan fingerprint density at radius 3 is 2.58 bits per heavy atom. The number of rotatable bonds is 6. The van der Waals surface area contributed by atoms with Crippen LogP contribution in [0.25, 0.3) is 6.08 Å². The molecule has 7 heteroatoms. The largest absolute Gasteiger partial charge is 0.493 e. The molecule has 0 N–H and O–H groups in total. The summed E-state index contributed by atoms with van der Waals surface area (Å²) in [7, 11) is 1.52. The molecule has 5 nitrogen and oxygen atoms in total. The van der Waals surface area contributed by atoms with Crippen molar-refractivity contribution < 1.29 is 14.3 Å². The Labute approximate surface area is 202 Å². The lowest BCUT2D eigenvalue weighted by molar-refractivity contribution is -0.114. The first-order valence-electron chi connectivity index (χ1n) is 10.3. The Morgan fingerprint density at radius 2 is 1.85 bits per heavy atom. The van der Waals surface area contributed by atoms with E-state index >= 15 is 0 Å². The summed E-state index contributed by atoms with van der Waals surface area (Å²) in [6, 6.07) is 20.2. The van der Waals surface area contributed by atoms with Gasteiger partial charge < -0.3 is 14.4 Å². The third-order valence-electron chi connectivity index (χ3n) is 5.42. The fraction of sp³-hybridized carbons (Fsp3) is 0.154. The van der Waals surface area contributed by atoms with E-state index in [0.29, 0.717) is 39.2 Å². The van der Waals surface area contributed by atoms with Crippen LogP contribution in [-0.2, 0) is 17.8 Å². The number of carbonyl (C=O) groups excluding carboxylic acids is 1. The summed E-state index contributed by atoms with van der Waals surface area (Å²) in [5.74, 6) is 0.627. The molecule has 3 aromatic rings. The van der Waals surface area contributed by atoms with E-state index in [-0.39, 0.29) is 18.1 Å². The van der Waals surface area contributed by atoms with Crippen molar-refractivity contribution in [2.24, 2.45) is 0 Å². The number of amides is 1. The Morgan fingerprint density at radius 1 is 1.09 bits per heavy atom. The van der Waals surface area contributed by atoms with Gasteiger partial charge in [-0.05, 0) is 54.0 Å². The van der Waals surface area contributed by atoms with Gasteiger partial charge in [0, 0.05) is 27.8 Å². The van der Waals surface area contributed by atoms with Crippen LogP contribution in [0.5, 0.6) is 11.5 Å². The van der Waals surface area contributed by atoms with Crippen LogP contribution in [0.3, 0.4) is 0 Å². The van der Waals surface area contributed by atoms with Gasteiger partial charge in [0.05, 0.1) is 7.11 Å². The standard InChI is InChI=1S/C26H20Cl2N2O3/c1-32-25-14-17(9-10-24(25)33-16-20-21(27)6-4-7-22(20)28)13-19(15-29)26(31)30-12-11-18-5-2-3-8-23(18)30/h2-10,13-14H,11-12,16H2,1H3/b19-13+. The third kappa shape index (κ3) is 4.83. The van der Waals surface area contributed by atoms with Gasteiger partial charge in [-0.1, -0.05) is 53.5 Å². The summed E-state index contributed by atoms with van der Waals surface area (Å²) in [5, 5.41) is 10.7.